The van der Waals surface area contributed by atoms with Crippen molar-refractivity contribution in [3.63, 3.8) is 0 Å². The van der Waals surface area contributed by atoms with E-state index in [0.29, 0.717) is 19.6 Å². The molecule has 0 aliphatic heterocycles. The van der Waals surface area contributed by atoms with Crippen molar-refractivity contribution >= 4 is 8.38 Å². The van der Waals surface area contributed by atoms with Gasteiger partial charge in [0.2, 0.25) is 8.38 Å². The summed E-state index contributed by atoms with van der Waals surface area (Å²) in [5.41, 5.74) is 0.874. The molecule has 0 saturated heterocycles. The summed E-state index contributed by atoms with van der Waals surface area (Å²) in [5, 5.41) is 9.40. The van der Waals surface area contributed by atoms with Gasteiger partial charge in [-0.1, -0.05) is 12.1 Å². The molecule has 1 N–H and O–H groups in total. The Labute approximate surface area is 110 Å². The van der Waals surface area contributed by atoms with E-state index in [4.69, 9.17) is 13.8 Å². The molecule has 1 aromatic rings. The summed E-state index contributed by atoms with van der Waals surface area (Å²) >= 11 is 0. The van der Waals surface area contributed by atoms with Crippen LogP contribution in [0.1, 0.15) is 32.4 Å². The third-order valence-corrected chi connectivity index (χ3v) is 3.68. The highest BCUT2D eigenvalue weighted by molar-refractivity contribution is 7.47. The van der Waals surface area contributed by atoms with Crippen molar-refractivity contribution in [2.75, 3.05) is 19.6 Å². The van der Waals surface area contributed by atoms with Gasteiger partial charge >= 0.3 is 0 Å². The lowest BCUT2D eigenvalue weighted by Crippen LogP contribution is -2.01. The topological polar surface area (TPSA) is 47.9 Å². The molecule has 0 spiro atoms. The smallest absolute Gasteiger partial charge is 0.211 e. The summed E-state index contributed by atoms with van der Waals surface area (Å²) in [6.45, 7) is 6.85. The zero-order chi connectivity index (χ0) is 13.4. The van der Waals surface area contributed by atoms with Gasteiger partial charge in [-0.15, -0.1) is 0 Å². The lowest BCUT2D eigenvalue weighted by molar-refractivity contribution is 0.199. The van der Waals surface area contributed by atoms with E-state index >= 15 is 0 Å². The first-order valence-electron chi connectivity index (χ1n) is 6.11. The number of aliphatic hydroxyl groups is 1. The number of ether oxygens (including phenoxy) is 1. The second-order valence-electron chi connectivity index (χ2n) is 3.69. The fourth-order valence-electron chi connectivity index (χ4n) is 1.37. The van der Waals surface area contributed by atoms with Crippen molar-refractivity contribution in [1.29, 1.82) is 0 Å². The molecule has 102 valence electrons. The number of hydrogen-bond acceptors (Lipinski definition) is 4. The van der Waals surface area contributed by atoms with Crippen LogP contribution >= 0.6 is 8.38 Å². The van der Waals surface area contributed by atoms with Gasteiger partial charge in [0.15, 0.2) is 6.35 Å². The van der Waals surface area contributed by atoms with Crippen LogP contribution in [0.4, 0.5) is 0 Å². The molecular weight excluding hydrogens is 251 g/mol. The van der Waals surface area contributed by atoms with Gasteiger partial charge in [0, 0.05) is 0 Å². The standard InChI is InChI=1S/C13H21O4P/c1-4-16-18(17-5-2)10-15-13-8-6-12(7-9-13)11(3)14/h6-9,11,14H,4-5,10H2,1-3H3. The van der Waals surface area contributed by atoms with E-state index in [9.17, 15) is 5.11 Å². The maximum Gasteiger partial charge on any atom is 0.211 e. The lowest BCUT2D eigenvalue weighted by Gasteiger charge is -2.16. The van der Waals surface area contributed by atoms with Gasteiger partial charge in [-0.2, -0.15) is 0 Å². The second-order valence-corrected chi connectivity index (χ2v) is 5.13. The average Bonchev–Trinajstić information content (AvgIpc) is 2.37. The summed E-state index contributed by atoms with van der Waals surface area (Å²) in [6.07, 6.45) is -0.0339. The lowest BCUT2D eigenvalue weighted by atomic mass is 10.1. The van der Waals surface area contributed by atoms with Crippen LogP contribution in [-0.4, -0.2) is 24.7 Å². The van der Waals surface area contributed by atoms with E-state index in [1.807, 2.05) is 38.1 Å². The molecular formula is C13H21O4P. The van der Waals surface area contributed by atoms with Crippen molar-refractivity contribution in [2.45, 2.75) is 26.9 Å². The van der Waals surface area contributed by atoms with Crippen LogP contribution in [0.25, 0.3) is 0 Å². The Morgan fingerprint density at radius 1 is 1.11 bits per heavy atom. The summed E-state index contributed by atoms with van der Waals surface area (Å²) < 4.78 is 16.5. The van der Waals surface area contributed by atoms with Crippen molar-refractivity contribution in [2.24, 2.45) is 0 Å². The summed E-state index contributed by atoms with van der Waals surface area (Å²) in [7, 11) is -0.976. The monoisotopic (exact) mass is 272 g/mol. The Morgan fingerprint density at radius 3 is 2.11 bits per heavy atom. The molecule has 1 atom stereocenters. The van der Waals surface area contributed by atoms with E-state index in [2.05, 4.69) is 0 Å². The minimum absolute atomic E-state index is 0.422. The van der Waals surface area contributed by atoms with Crippen LogP contribution in [0, 0.1) is 0 Å². The average molecular weight is 272 g/mol. The fourth-order valence-corrected chi connectivity index (χ4v) is 2.42. The fraction of sp³-hybridized carbons (Fsp3) is 0.538. The molecule has 5 heteroatoms. The van der Waals surface area contributed by atoms with Gasteiger partial charge in [-0.05, 0) is 38.5 Å². The minimum atomic E-state index is -0.976. The first-order chi connectivity index (χ1) is 8.67. The highest BCUT2D eigenvalue weighted by atomic mass is 31.2. The van der Waals surface area contributed by atoms with Crippen molar-refractivity contribution in [3.05, 3.63) is 29.8 Å². The van der Waals surface area contributed by atoms with Gasteiger partial charge < -0.3 is 18.9 Å². The van der Waals surface area contributed by atoms with Crippen LogP contribution < -0.4 is 4.74 Å². The molecule has 0 bridgehead atoms. The molecule has 18 heavy (non-hydrogen) atoms. The van der Waals surface area contributed by atoms with Crippen molar-refractivity contribution < 1.29 is 18.9 Å². The van der Waals surface area contributed by atoms with E-state index in [0.717, 1.165) is 11.3 Å². The Balaban J connectivity index is 2.46. The minimum Gasteiger partial charge on any atom is -0.484 e. The third-order valence-electron chi connectivity index (χ3n) is 2.25. The van der Waals surface area contributed by atoms with Crippen LogP contribution in [0.5, 0.6) is 5.75 Å². The van der Waals surface area contributed by atoms with E-state index in [-0.39, 0.29) is 0 Å². The molecule has 0 aromatic heterocycles. The number of rotatable bonds is 8. The van der Waals surface area contributed by atoms with Crippen LogP contribution in [0.3, 0.4) is 0 Å². The molecule has 0 heterocycles. The molecule has 0 aliphatic rings. The van der Waals surface area contributed by atoms with Crippen molar-refractivity contribution in [1.82, 2.24) is 0 Å². The Kier molecular flexibility index (Phi) is 7.21. The normalized spacial score (nSPS) is 12.7. The summed E-state index contributed by atoms with van der Waals surface area (Å²) in [5.74, 6) is 0.756. The van der Waals surface area contributed by atoms with E-state index < -0.39 is 14.5 Å². The van der Waals surface area contributed by atoms with Crippen LogP contribution in [-0.2, 0) is 9.05 Å². The number of aliphatic hydroxyl groups excluding tert-OH is 1. The predicted molar refractivity (Wildman–Crippen MR) is 72.7 cm³/mol. The molecule has 4 nitrogen and oxygen atoms in total. The van der Waals surface area contributed by atoms with Gasteiger partial charge in [0.25, 0.3) is 0 Å². The van der Waals surface area contributed by atoms with Gasteiger partial charge in [-0.3, -0.25) is 0 Å². The Morgan fingerprint density at radius 2 is 1.67 bits per heavy atom. The maximum absolute atomic E-state index is 9.40. The molecule has 1 unspecified atom stereocenters. The van der Waals surface area contributed by atoms with Crippen LogP contribution in [0.15, 0.2) is 24.3 Å². The summed E-state index contributed by atoms with van der Waals surface area (Å²) in [6, 6.07) is 7.38. The first-order valence-corrected chi connectivity index (χ1v) is 7.47. The molecule has 1 aromatic carbocycles. The van der Waals surface area contributed by atoms with Gasteiger partial charge in [0.1, 0.15) is 5.75 Å². The zero-order valence-electron chi connectivity index (χ0n) is 11.1. The van der Waals surface area contributed by atoms with Gasteiger partial charge in [-0.25, -0.2) is 0 Å². The maximum atomic E-state index is 9.40. The van der Waals surface area contributed by atoms with E-state index in [1.165, 1.54) is 0 Å². The molecule has 0 amide bonds. The highest BCUT2D eigenvalue weighted by Gasteiger charge is 2.10. The van der Waals surface area contributed by atoms with Crippen molar-refractivity contribution in [3.8, 4) is 5.75 Å². The predicted octanol–water partition coefficient (Wildman–Crippen LogP) is 3.46. The Hall–Kier alpha value is -0.670. The SMILES string of the molecule is CCOP(COc1ccc(C(C)O)cc1)OCC. The third kappa shape index (κ3) is 5.32. The molecule has 0 fully saturated rings. The first kappa shape index (κ1) is 15.4. The molecule has 0 saturated carbocycles. The van der Waals surface area contributed by atoms with Gasteiger partial charge in [0.05, 0.1) is 19.3 Å². The van der Waals surface area contributed by atoms with Crippen LogP contribution in [0.2, 0.25) is 0 Å². The second kappa shape index (κ2) is 8.44. The van der Waals surface area contributed by atoms with E-state index in [1.54, 1.807) is 6.92 Å². The quantitative estimate of drug-likeness (QED) is 0.736. The zero-order valence-corrected chi connectivity index (χ0v) is 12.0. The summed E-state index contributed by atoms with van der Waals surface area (Å²) in [4.78, 5) is 0. The highest BCUT2D eigenvalue weighted by Crippen LogP contribution is 2.38. The molecule has 0 radical (unpaired) electrons. The molecule has 1 rings (SSSR count). The number of benzene rings is 1. The largest absolute Gasteiger partial charge is 0.484 e. The molecule has 0 aliphatic carbocycles. The Bertz CT molecular complexity index is 320. The number of hydrogen-bond donors (Lipinski definition) is 1.